The van der Waals surface area contributed by atoms with Crippen LogP contribution in [-0.4, -0.2) is 0 Å². The molecule has 0 saturated heterocycles. The van der Waals surface area contributed by atoms with Gasteiger partial charge in [0.15, 0.2) is 0 Å². The monoisotopic (exact) mass is 344 g/mol. The van der Waals surface area contributed by atoms with Gasteiger partial charge in [-0.2, -0.15) is 0 Å². The Kier molecular flexibility index (Phi) is 5.15. The van der Waals surface area contributed by atoms with E-state index in [0.29, 0.717) is 17.9 Å². The largest absolute Gasteiger partial charge is 0.211 e. The van der Waals surface area contributed by atoms with Crippen molar-refractivity contribution < 1.29 is 4.39 Å². The molecule has 1 heteroatoms. The Morgan fingerprint density at radius 1 is 0.731 bits per heavy atom. The topological polar surface area (TPSA) is 0 Å². The van der Waals surface area contributed by atoms with E-state index < -0.39 is 0 Å². The highest BCUT2D eigenvalue weighted by molar-refractivity contribution is 5.84. The zero-order valence-corrected chi connectivity index (χ0v) is 15.1. The molecule has 0 radical (unpaired) electrons. The predicted molar refractivity (Wildman–Crippen MR) is 108 cm³/mol. The molecule has 0 spiro atoms. The molecular weight excluding hydrogens is 319 g/mol. The van der Waals surface area contributed by atoms with Crippen molar-refractivity contribution in [3.63, 3.8) is 0 Å². The summed E-state index contributed by atoms with van der Waals surface area (Å²) in [5.41, 5.74) is 5.30. The molecule has 26 heavy (non-hydrogen) atoms. The van der Waals surface area contributed by atoms with Crippen LogP contribution in [0.5, 0.6) is 0 Å². The van der Waals surface area contributed by atoms with Crippen molar-refractivity contribution in [2.75, 3.05) is 0 Å². The number of hydrogen-bond donors (Lipinski definition) is 0. The van der Waals surface area contributed by atoms with Gasteiger partial charge in [0.05, 0.1) is 0 Å². The fourth-order valence-electron chi connectivity index (χ4n) is 4.11. The SMILES string of the molecule is FC1=C(c2ccc(C3CCCCC3)cc2)C=CC(c2ccccc2)=CC1. The van der Waals surface area contributed by atoms with Crippen molar-refractivity contribution in [3.05, 3.63) is 95.3 Å². The van der Waals surface area contributed by atoms with E-state index in [0.717, 1.165) is 16.7 Å². The Balaban J connectivity index is 1.55. The van der Waals surface area contributed by atoms with Crippen molar-refractivity contribution in [2.24, 2.45) is 0 Å². The summed E-state index contributed by atoms with van der Waals surface area (Å²) in [5, 5.41) is 0. The minimum Gasteiger partial charge on any atom is -0.211 e. The van der Waals surface area contributed by atoms with E-state index in [4.69, 9.17) is 0 Å². The van der Waals surface area contributed by atoms with Gasteiger partial charge >= 0.3 is 0 Å². The van der Waals surface area contributed by atoms with Crippen molar-refractivity contribution in [1.29, 1.82) is 0 Å². The van der Waals surface area contributed by atoms with Gasteiger partial charge in [0.25, 0.3) is 0 Å². The zero-order valence-electron chi connectivity index (χ0n) is 15.1. The summed E-state index contributed by atoms with van der Waals surface area (Å²) in [5.74, 6) is 0.630. The highest BCUT2D eigenvalue weighted by atomic mass is 19.1. The van der Waals surface area contributed by atoms with E-state index in [9.17, 15) is 4.39 Å². The van der Waals surface area contributed by atoms with E-state index in [-0.39, 0.29) is 5.83 Å². The highest BCUT2D eigenvalue weighted by Crippen LogP contribution is 2.34. The van der Waals surface area contributed by atoms with Gasteiger partial charge in [0, 0.05) is 12.0 Å². The summed E-state index contributed by atoms with van der Waals surface area (Å²) in [4.78, 5) is 0. The molecule has 0 heterocycles. The van der Waals surface area contributed by atoms with Crippen LogP contribution < -0.4 is 0 Å². The molecule has 0 bridgehead atoms. The van der Waals surface area contributed by atoms with Crippen LogP contribution in [0.15, 0.2) is 78.7 Å². The van der Waals surface area contributed by atoms with E-state index in [2.05, 4.69) is 36.4 Å². The van der Waals surface area contributed by atoms with Gasteiger partial charge < -0.3 is 0 Å². The first-order valence-corrected chi connectivity index (χ1v) is 9.74. The van der Waals surface area contributed by atoms with E-state index in [1.54, 1.807) is 0 Å². The van der Waals surface area contributed by atoms with Gasteiger partial charge in [-0.1, -0.05) is 92.1 Å². The van der Waals surface area contributed by atoms with Gasteiger partial charge in [0.2, 0.25) is 0 Å². The number of hydrogen-bond acceptors (Lipinski definition) is 0. The molecule has 1 fully saturated rings. The summed E-state index contributed by atoms with van der Waals surface area (Å²) < 4.78 is 14.7. The molecule has 2 aromatic carbocycles. The van der Waals surface area contributed by atoms with Gasteiger partial charge in [-0.05, 0) is 41.0 Å². The molecule has 1 saturated carbocycles. The highest BCUT2D eigenvalue weighted by Gasteiger charge is 2.16. The maximum atomic E-state index is 14.7. The zero-order chi connectivity index (χ0) is 17.8. The molecule has 2 aliphatic carbocycles. The van der Waals surface area contributed by atoms with Crippen LogP contribution in [0.3, 0.4) is 0 Å². The first-order chi connectivity index (χ1) is 12.8. The number of benzene rings is 2. The van der Waals surface area contributed by atoms with Gasteiger partial charge in [0.1, 0.15) is 5.83 Å². The fraction of sp³-hybridized carbons (Fsp3) is 0.280. The van der Waals surface area contributed by atoms with Crippen LogP contribution in [0.4, 0.5) is 4.39 Å². The second-order valence-electron chi connectivity index (χ2n) is 7.34. The van der Waals surface area contributed by atoms with Crippen molar-refractivity contribution >= 4 is 11.1 Å². The molecule has 4 rings (SSSR count). The van der Waals surface area contributed by atoms with Crippen LogP contribution in [0.25, 0.3) is 11.1 Å². The normalized spacial score (nSPS) is 18.6. The van der Waals surface area contributed by atoms with Crippen LogP contribution in [-0.2, 0) is 0 Å². The molecule has 0 atom stereocenters. The minimum atomic E-state index is -0.0578. The lowest BCUT2D eigenvalue weighted by molar-refractivity contribution is 0.443. The van der Waals surface area contributed by atoms with Gasteiger partial charge in [-0.25, -0.2) is 4.39 Å². The van der Waals surface area contributed by atoms with E-state index in [1.165, 1.54) is 37.7 Å². The van der Waals surface area contributed by atoms with Crippen molar-refractivity contribution in [3.8, 4) is 0 Å². The average Bonchev–Trinajstić information content (AvgIpc) is 2.91. The summed E-state index contributed by atoms with van der Waals surface area (Å²) in [6, 6.07) is 18.8. The van der Waals surface area contributed by atoms with Crippen molar-refractivity contribution in [2.45, 2.75) is 44.4 Å². The molecule has 0 aromatic heterocycles. The molecule has 2 aromatic rings. The molecule has 132 valence electrons. The summed E-state index contributed by atoms with van der Waals surface area (Å²) >= 11 is 0. The lowest BCUT2D eigenvalue weighted by atomic mass is 9.83. The lowest BCUT2D eigenvalue weighted by Gasteiger charge is -2.22. The molecule has 2 aliphatic rings. The summed E-state index contributed by atoms with van der Waals surface area (Å²) in [6.45, 7) is 0. The van der Waals surface area contributed by atoms with E-state index in [1.807, 2.05) is 36.4 Å². The molecule has 0 nitrogen and oxygen atoms in total. The van der Waals surface area contributed by atoms with Gasteiger partial charge in [-0.3, -0.25) is 0 Å². The Morgan fingerprint density at radius 2 is 1.46 bits per heavy atom. The average molecular weight is 344 g/mol. The van der Waals surface area contributed by atoms with Crippen LogP contribution in [0.1, 0.15) is 61.1 Å². The quantitative estimate of drug-likeness (QED) is 0.542. The maximum Gasteiger partial charge on any atom is 0.111 e. The Morgan fingerprint density at radius 3 is 2.19 bits per heavy atom. The summed E-state index contributed by atoms with van der Waals surface area (Å²) in [6.07, 6.45) is 12.9. The summed E-state index contributed by atoms with van der Waals surface area (Å²) in [7, 11) is 0. The second-order valence-corrected chi connectivity index (χ2v) is 7.34. The number of rotatable bonds is 3. The van der Waals surface area contributed by atoms with Crippen LogP contribution in [0.2, 0.25) is 0 Å². The maximum absolute atomic E-state index is 14.7. The molecule has 0 unspecified atom stereocenters. The third kappa shape index (κ3) is 3.72. The standard InChI is InChI=1S/C25H25F/c26-25-18-16-22(20-9-5-2-6-10-20)15-17-24(25)23-13-11-21(12-14-23)19-7-3-1-4-8-19/h2,5-6,9-17,19H,1,3-4,7-8,18H2. The predicted octanol–water partition coefficient (Wildman–Crippen LogP) is 7.46. The lowest BCUT2D eigenvalue weighted by Crippen LogP contribution is -2.04. The number of allylic oxidation sites excluding steroid dienone is 6. The Bertz CT molecular complexity index is 831. The van der Waals surface area contributed by atoms with Crippen LogP contribution in [0, 0.1) is 0 Å². The molecular formula is C25H25F. The minimum absolute atomic E-state index is 0.0578. The first kappa shape index (κ1) is 17.0. The molecule has 0 N–H and O–H groups in total. The Hall–Kier alpha value is -2.41. The van der Waals surface area contributed by atoms with Gasteiger partial charge in [-0.15, -0.1) is 0 Å². The van der Waals surface area contributed by atoms with Crippen molar-refractivity contribution in [1.82, 2.24) is 0 Å². The smallest absolute Gasteiger partial charge is 0.111 e. The third-order valence-corrected chi connectivity index (χ3v) is 5.63. The fourth-order valence-corrected chi connectivity index (χ4v) is 4.11. The Labute approximate surface area is 155 Å². The first-order valence-electron chi connectivity index (χ1n) is 9.74. The second kappa shape index (κ2) is 7.86. The molecule has 0 amide bonds. The molecule has 0 aliphatic heterocycles. The van der Waals surface area contributed by atoms with E-state index >= 15 is 0 Å². The number of halogens is 1. The third-order valence-electron chi connectivity index (χ3n) is 5.63. The van der Waals surface area contributed by atoms with Crippen LogP contribution >= 0.6 is 0 Å².